The third kappa shape index (κ3) is 8.88. The van der Waals surface area contributed by atoms with Gasteiger partial charge in [0.1, 0.15) is 38.5 Å². The molecule has 0 saturated carbocycles. The van der Waals surface area contributed by atoms with Gasteiger partial charge in [-0.25, -0.2) is 0 Å². The summed E-state index contributed by atoms with van der Waals surface area (Å²) >= 11 is 0. The van der Waals surface area contributed by atoms with Crippen LogP contribution < -0.4 is 20.1 Å². The molecular formula is C24H40N2O4+2. The van der Waals surface area contributed by atoms with Crippen LogP contribution in [-0.2, 0) is 0 Å². The molecule has 0 aliphatic rings. The van der Waals surface area contributed by atoms with Gasteiger partial charge in [0.05, 0.1) is 11.1 Å². The van der Waals surface area contributed by atoms with Crippen molar-refractivity contribution in [2.45, 2.75) is 64.8 Å². The molecule has 0 aliphatic heterocycles. The van der Waals surface area contributed by atoms with Gasteiger partial charge in [0, 0.05) is 0 Å². The van der Waals surface area contributed by atoms with Crippen molar-refractivity contribution in [1.29, 1.82) is 0 Å². The zero-order chi connectivity index (χ0) is 22.4. The van der Waals surface area contributed by atoms with Crippen molar-refractivity contribution in [3.8, 4) is 11.5 Å². The van der Waals surface area contributed by atoms with Crippen LogP contribution in [0.3, 0.4) is 0 Å². The molecule has 0 spiro atoms. The summed E-state index contributed by atoms with van der Waals surface area (Å²) in [6, 6.07) is 11.8. The number of aliphatic hydroxyl groups excluding tert-OH is 2. The lowest BCUT2D eigenvalue weighted by Crippen LogP contribution is -2.96. The summed E-state index contributed by atoms with van der Waals surface area (Å²) in [6.45, 7) is 14.1. The minimum atomic E-state index is -0.587. The molecule has 0 radical (unpaired) electrons. The van der Waals surface area contributed by atoms with Crippen LogP contribution >= 0.6 is 0 Å². The predicted molar refractivity (Wildman–Crippen MR) is 120 cm³/mol. The first-order chi connectivity index (χ1) is 13.9. The van der Waals surface area contributed by atoms with Crippen molar-refractivity contribution >= 4 is 10.8 Å². The van der Waals surface area contributed by atoms with Crippen molar-refractivity contribution in [2.24, 2.45) is 0 Å². The molecule has 6 heteroatoms. The maximum absolute atomic E-state index is 10.3. The lowest BCUT2D eigenvalue weighted by atomic mass is 10.1. The molecule has 0 saturated heterocycles. The molecule has 168 valence electrons. The third-order valence-corrected chi connectivity index (χ3v) is 4.68. The van der Waals surface area contributed by atoms with Gasteiger partial charge in [-0.2, -0.15) is 0 Å². The smallest absolute Gasteiger partial charge is 0.161 e. The first-order valence-corrected chi connectivity index (χ1v) is 10.8. The number of aliphatic hydroxyl groups is 2. The van der Waals surface area contributed by atoms with Crippen molar-refractivity contribution < 1.29 is 30.3 Å². The van der Waals surface area contributed by atoms with Crippen LogP contribution in [0.2, 0.25) is 0 Å². The number of fused-ring (bicyclic) bond motifs is 1. The van der Waals surface area contributed by atoms with E-state index in [1.807, 2.05) is 36.4 Å². The van der Waals surface area contributed by atoms with E-state index in [4.69, 9.17) is 9.47 Å². The zero-order valence-corrected chi connectivity index (χ0v) is 19.3. The van der Waals surface area contributed by atoms with E-state index in [0.29, 0.717) is 24.6 Å². The average molecular weight is 421 g/mol. The fraction of sp³-hybridized carbons (Fsp3) is 0.583. The van der Waals surface area contributed by atoms with E-state index in [2.05, 4.69) is 52.2 Å². The lowest BCUT2D eigenvalue weighted by Gasteiger charge is -2.21. The van der Waals surface area contributed by atoms with E-state index in [0.717, 1.165) is 10.8 Å². The quantitative estimate of drug-likeness (QED) is 0.462. The van der Waals surface area contributed by atoms with Crippen LogP contribution in [0.1, 0.15) is 41.5 Å². The zero-order valence-electron chi connectivity index (χ0n) is 19.3. The van der Waals surface area contributed by atoms with Gasteiger partial charge in [-0.05, 0) is 64.4 Å². The average Bonchev–Trinajstić information content (AvgIpc) is 2.66. The molecule has 6 nitrogen and oxygen atoms in total. The highest BCUT2D eigenvalue weighted by molar-refractivity contribution is 5.86. The summed E-state index contributed by atoms with van der Waals surface area (Å²) in [5.74, 6) is 1.16. The molecule has 0 amide bonds. The number of benzene rings is 2. The maximum Gasteiger partial charge on any atom is 0.161 e. The van der Waals surface area contributed by atoms with E-state index in [9.17, 15) is 10.2 Å². The molecule has 2 aromatic rings. The largest absolute Gasteiger partial charge is 0.487 e. The Labute approximate surface area is 180 Å². The van der Waals surface area contributed by atoms with E-state index < -0.39 is 12.2 Å². The normalized spacial score (nSPS) is 14.5. The SMILES string of the molecule is CC(C)(C)[NH2+]C[C@H](O)COc1cc2ccccc2cc1OC[C@@H](O)C[NH2+]C(C)(C)C. The molecule has 0 aromatic heterocycles. The van der Waals surface area contributed by atoms with Crippen molar-refractivity contribution in [2.75, 3.05) is 26.3 Å². The Kier molecular flexibility index (Phi) is 8.50. The minimum Gasteiger partial charge on any atom is -0.487 e. The second-order valence-corrected chi connectivity index (χ2v) is 10.2. The molecule has 0 heterocycles. The van der Waals surface area contributed by atoms with Gasteiger partial charge < -0.3 is 30.3 Å². The number of ether oxygens (including phenoxy) is 2. The van der Waals surface area contributed by atoms with Crippen molar-refractivity contribution in [3.63, 3.8) is 0 Å². The van der Waals surface area contributed by atoms with Crippen LogP contribution in [0.4, 0.5) is 0 Å². The molecule has 0 fully saturated rings. The summed E-state index contributed by atoms with van der Waals surface area (Å²) in [7, 11) is 0. The molecule has 30 heavy (non-hydrogen) atoms. The summed E-state index contributed by atoms with van der Waals surface area (Å²) in [5.41, 5.74) is 0.108. The number of quaternary nitrogens is 2. The van der Waals surface area contributed by atoms with Crippen LogP contribution in [0.15, 0.2) is 36.4 Å². The Morgan fingerprint density at radius 2 is 1.10 bits per heavy atom. The molecule has 0 unspecified atom stereocenters. The molecular weight excluding hydrogens is 380 g/mol. The fourth-order valence-electron chi connectivity index (χ4n) is 2.91. The van der Waals surface area contributed by atoms with Gasteiger partial charge >= 0.3 is 0 Å². The highest BCUT2D eigenvalue weighted by Crippen LogP contribution is 2.32. The topological polar surface area (TPSA) is 92.1 Å². The molecule has 2 atom stereocenters. The fourth-order valence-corrected chi connectivity index (χ4v) is 2.91. The van der Waals surface area contributed by atoms with Crippen molar-refractivity contribution in [1.82, 2.24) is 0 Å². The number of rotatable bonds is 10. The van der Waals surface area contributed by atoms with Crippen molar-refractivity contribution in [3.05, 3.63) is 36.4 Å². The number of nitrogens with two attached hydrogens (primary N) is 2. The monoisotopic (exact) mass is 420 g/mol. The molecule has 2 aromatic carbocycles. The summed E-state index contributed by atoms with van der Waals surface area (Å²) in [6.07, 6.45) is -1.17. The highest BCUT2D eigenvalue weighted by Gasteiger charge is 2.19. The van der Waals surface area contributed by atoms with E-state index >= 15 is 0 Å². The Hall–Kier alpha value is -1.86. The van der Waals surface area contributed by atoms with E-state index in [1.54, 1.807) is 0 Å². The Morgan fingerprint density at radius 1 is 0.733 bits per heavy atom. The second-order valence-electron chi connectivity index (χ2n) is 10.2. The van der Waals surface area contributed by atoms with Gasteiger partial charge in [0.15, 0.2) is 11.5 Å². The van der Waals surface area contributed by atoms with Crippen LogP contribution in [0.25, 0.3) is 10.8 Å². The first kappa shape index (κ1) is 24.4. The van der Waals surface area contributed by atoms with Crippen LogP contribution in [0.5, 0.6) is 11.5 Å². The molecule has 6 N–H and O–H groups in total. The first-order valence-electron chi connectivity index (χ1n) is 10.8. The lowest BCUT2D eigenvalue weighted by molar-refractivity contribution is -0.722. The standard InChI is InChI=1S/C24H38N2O4/c1-23(2,3)25-13-19(27)15-29-21-11-17-9-7-8-10-18(17)12-22(21)30-16-20(28)14-26-24(4,5)6/h7-12,19-20,25-28H,13-16H2,1-6H3/p+2/t19-,20-/m0/s1. The second kappa shape index (κ2) is 10.4. The molecule has 0 aliphatic carbocycles. The Balaban J connectivity index is 2.05. The molecule has 0 bridgehead atoms. The highest BCUT2D eigenvalue weighted by atomic mass is 16.5. The van der Waals surface area contributed by atoms with Crippen LogP contribution in [-0.4, -0.2) is 59.8 Å². The summed E-state index contributed by atoms with van der Waals surface area (Å²) in [4.78, 5) is 0. The Bertz CT molecular complexity index is 729. The summed E-state index contributed by atoms with van der Waals surface area (Å²) in [5, 5.41) is 26.9. The third-order valence-electron chi connectivity index (χ3n) is 4.68. The van der Waals surface area contributed by atoms with Crippen LogP contribution in [0, 0.1) is 0 Å². The number of hydrogen-bond acceptors (Lipinski definition) is 4. The minimum absolute atomic E-state index is 0.0540. The van der Waals surface area contributed by atoms with E-state index in [1.165, 1.54) is 0 Å². The van der Waals surface area contributed by atoms with Gasteiger partial charge in [-0.3, -0.25) is 0 Å². The number of hydrogen-bond donors (Lipinski definition) is 4. The molecule has 2 rings (SSSR count). The van der Waals surface area contributed by atoms with Gasteiger partial charge in [0.2, 0.25) is 0 Å². The van der Waals surface area contributed by atoms with Gasteiger partial charge in [0.25, 0.3) is 0 Å². The maximum atomic E-state index is 10.3. The summed E-state index contributed by atoms with van der Waals surface area (Å²) < 4.78 is 11.9. The van der Waals surface area contributed by atoms with Gasteiger partial charge in [-0.1, -0.05) is 24.3 Å². The van der Waals surface area contributed by atoms with E-state index in [-0.39, 0.29) is 24.3 Å². The van der Waals surface area contributed by atoms with Gasteiger partial charge in [-0.15, -0.1) is 0 Å². The Morgan fingerprint density at radius 3 is 1.43 bits per heavy atom. The predicted octanol–water partition coefficient (Wildman–Crippen LogP) is 1.04.